The van der Waals surface area contributed by atoms with Crippen LogP contribution < -0.4 is 9.46 Å². The van der Waals surface area contributed by atoms with Gasteiger partial charge < -0.3 is 4.74 Å². The highest BCUT2D eigenvalue weighted by Gasteiger charge is 2.19. The Morgan fingerprint density at radius 2 is 1.81 bits per heavy atom. The van der Waals surface area contributed by atoms with Crippen LogP contribution in [-0.2, 0) is 10.0 Å². The molecule has 138 valence electrons. The lowest BCUT2D eigenvalue weighted by molar-refractivity contribution is -0.384. The molecule has 27 heavy (non-hydrogen) atoms. The topological polar surface area (TPSA) is 111 Å². The lowest BCUT2D eigenvalue weighted by Gasteiger charge is -2.14. The van der Waals surface area contributed by atoms with Gasteiger partial charge in [-0.2, -0.15) is 0 Å². The summed E-state index contributed by atoms with van der Waals surface area (Å²) in [5.41, 5.74) is 1.25. The number of nitro groups is 1. The summed E-state index contributed by atoms with van der Waals surface area (Å²) in [5, 5.41) is 10.7. The molecule has 9 heteroatoms. The Bertz CT molecular complexity index is 1070. The summed E-state index contributed by atoms with van der Waals surface area (Å²) in [4.78, 5) is 14.3. The number of rotatable bonds is 6. The second kappa shape index (κ2) is 7.42. The molecule has 0 unspecified atom stereocenters. The number of ether oxygens (including phenoxy) is 1. The highest BCUT2D eigenvalue weighted by Crippen LogP contribution is 2.32. The maximum Gasteiger partial charge on any atom is 0.269 e. The third-order valence-corrected chi connectivity index (χ3v) is 5.15. The van der Waals surface area contributed by atoms with E-state index < -0.39 is 14.9 Å². The van der Waals surface area contributed by atoms with Crippen LogP contribution in [0, 0.1) is 10.1 Å². The number of aromatic nitrogens is 1. The van der Waals surface area contributed by atoms with E-state index in [9.17, 15) is 18.5 Å². The van der Waals surface area contributed by atoms with Gasteiger partial charge in [-0.1, -0.05) is 6.07 Å². The van der Waals surface area contributed by atoms with E-state index in [0.717, 1.165) is 12.1 Å². The fourth-order valence-electron chi connectivity index (χ4n) is 2.43. The predicted octanol–water partition coefficient (Wildman–Crippen LogP) is 3.47. The van der Waals surface area contributed by atoms with Crippen molar-refractivity contribution in [1.29, 1.82) is 0 Å². The van der Waals surface area contributed by atoms with E-state index in [-0.39, 0.29) is 16.3 Å². The summed E-state index contributed by atoms with van der Waals surface area (Å²) in [6, 6.07) is 14.9. The molecule has 0 saturated carbocycles. The number of anilines is 1. The molecule has 0 saturated heterocycles. The number of hydrogen-bond acceptors (Lipinski definition) is 6. The molecule has 0 atom stereocenters. The van der Waals surface area contributed by atoms with E-state index in [1.54, 1.807) is 42.6 Å². The van der Waals surface area contributed by atoms with Gasteiger partial charge in [0.05, 0.1) is 28.3 Å². The van der Waals surface area contributed by atoms with Gasteiger partial charge in [0.1, 0.15) is 5.75 Å². The number of nitro benzene ring substituents is 1. The van der Waals surface area contributed by atoms with Crippen LogP contribution in [0.2, 0.25) is 0 Å². The van der Waals surface area contributed by atoms with Gasteiger partial charge >= 0.3 is 0 Å². The molecular formula is C18H15N3O5S. The smallest absolute Gasteiger partial charge is 0.269 e. The number of sulfonamides is 1. The van der Waals surface area contributed by atoms with Gasteiger partial charge in [-0.15, -0.1) is 0 Å². The lowest BCUT2D eigenvalue weighted by Crippen LogP contribution is -2.14. The van der Waals surface area contributed by atoms with E-state index in [1.165, 1.54) is 19.2 Å². The first-order valence-electron chi connectivity index (χ1n) is 7.77. The normalized spacial score (nSPS) is 11.0. The third kappa shape index (κ3) is 4.04. The summed E-state index contributed by atoms with van der Waals surface area (Å²) in [5.74, 6) is 0.469. The number of nitrogens with zero attached hydrogens (tertiary/aromatic N) is 2. The van der Waals surface area contributed by atoms with Gasteiger partial charge in [0.25, 0.3) is 15.7 Å². The van der Waals surface area contributed by atoms with Gasteiger partial charge in [-0.3, -0.25) is 19.8 Å². The number of nitrogens with one attached hydrogen (secondary N) is 1. The van der Waals surface area contributed by atoms with Crippen molar-refractivity contribution < 1.29 is 18.1 Å². The Morgan fingerprint density at radius 3 is 2.41 bits per heavy atom. The molecule has 0 aliphatic heterocycles. The van der Waals surface area contributed by atoms with Gasteiger partial charge in [0, 0.05) is 30.0 Å². The Morgan fingerprint density at radius 1 is 1.07 bits per heavy atom. The van der Waals surface area contributed by atoms with Crippen molar-refractivity contribution in [3.8, 4) is 17.0 Å². The Balaban J connectivity index is 2.01. The summed E-state index contributed by atoms with van der Waals surface area (Å²) < 4.78 is 33.1. The average molecular weight is 385 g/mol. The van der Waals surface area contributed by atoms with E-state index >= 15 is 0 Å². The first-order chi connectivity index (χ1) is 12.9. The van der Waals surface area contributed by atoms with E-state index in [2.05, 4.69) is 9.71 Å². The van der Waals surface area contributed by atoms with Crippen molar-refractivity contribution in [2.45, 2.75) is 4.90 Å². The second-order valence-electron chi connectivity index (χ2n) is 5.48. The monoisotopic (exact) mass is 385 g/mol. The van der Waals surface area contributed by atoms with Crippen LogP contribution in [-0.4, -0.2) is 25.4 Å². The number of benzene rings is 2. The van der Waals surface area contributed by atoms with E-state index in [0.29, 0.717) is 17.0 Å². The second-order valence-corrected chi connectivity index (χ2v) is 7.17. The maximum atomic E-state index is 12.7. The first-order valence-corrected chi connectivity index (χ1v) is 9.26. The highest BCUT2D eigenvalue weighted by atomic mass is 32.2. The van der Waals surface area contributed by atoms with Gasteiger partial charge in [-0.05, 0) is 36.4 Å². The molecule has 0 bridgehead atoms. The summed E-state index contributed by atoms with van der Waals surface area (Å²) >= 11 is 0. The lowest BCUT2D eigenvalue weighted by atomic mass is 10.1. The van der Waals surface area contributed by atoms with Crippen LogP contribution in [0.5, 0.6) is 5.75 Å². The number of non-ortho nitro benzene ring substituents is 1. The van der Waals surface area contributed by atoms with Crippen molar-refractivity contribution in [3.63, 3.8) is 0 Å². The molecule has 1 N–H and O–H groups in total. The van der Waals surface area contributed by atoms with Crippen LogP contribution in [0.3, 0.4) is 0 Å². The van der Waals surface area contributed by atoms with Crippen LogP contribution in [0.15, 0.2) is 71.8 Å². The highest BCUT2D eigenvalue weighted by molar-refractivity contribution is 7.92. The number of hydrogen-bond donors (Lipinski definition) is 1. The quantitative estimate of drug-likeness (QED) is 0.514. The van der Waals surface area contributed by atoms with E-state index in [4.69, 9.17) is 4.74 Å². The molecule has 0 spiro atoms. The van der Waals surface area contributed by atoms with Gasteiger partial charge in [-0.25, -0.2) is 8.42 Å². The fourth-order valence-corrected chi connectivity index (χ4v) is 3.50. The standard InChI is InChI=1S/C18H15N3O5S/c1-26-14-7-10-16(17-4-2-3-11-19-17)18(12-14)20-27(24,25)15-8-5-13(6-9-15)21(22)23/h2-12,20H,1H3. The van der Waals surface area contributed by atoms with Crippen molar-refractivity contribution in [2.75, 3.05) is 11.8 Å². The zero-order chi connectivity index (χ0) is 19.4. The molecule has 3 aromatic rings. The zero-order valence-electron chi connectivity index (χ0n) is 14.2. The Kier molecular flexibility index (Phi) is 5.04. The maximum absolute atomic E-state index is 12.7. The molecule has 0 aliphatic carbocycles. The van der Waals surface area contributed by atoms with Crippen molar-refractivity contribution in [1.82, 2.24) is 4.98 Å². The minimum absolute atomic E-state index is 0.0945. The number of methoxy groups -OCH3 is 1. The third-order valence-electron chi connectivity index (χ3n) is 3.77. The first kappa shape index (κ1) is 18.3. The van der Waals surface area contributed by atoms with Crippen LogP contribution in [0.1, 0.15) is 0 Å². The molecule has 0 fully saturated rings. The molecule has 2 aromatic carbocycles. The largest absolute Gasteiger partial charge is 0.497 e. The molecule has 0 amide bonds. The Hall–Kier alpha value is -3.46. The average Bonchev–Trinajstić information content (AvgIpc) is 2.68. The molecule has 1 heterocycles. The van der Waals surface area contributed by atoms with Crippen LogP contribution in [0.25, 0.3) is 11.3 Å². The van der Waals surface area contributed by atoms with Crippen molar-refractivity contribution in [3.05, 3.63) is 77.0 Å². The molecular weight excluding hydrogens is 370 g/mol. The minimum Gasteiger partial charge on any atom is -0.497 e. The van der Waals surface area contributed by atoms with E-state index in [1.807, 2.05) is 0 Å². The predicted molar refractivity (Wildman–Crippen MR) is 100 cm³/mol. The van der Waals surface area contributed by atoms with Crippen LogP contribution in [0.4, 0.5) is 11.4 Å². The summed E-state index contributed by atoms with van der Waals surface area (Å²) in [6.45, 7) is 0. The fraction of sp³-hybridized carbons (Fsp3) is 0.0556. The van der Waals surface area contributed by atoms with Crippen molar-refractivity contribution in [2.24, 2.45) is 0 Å². The molecule has 3 rings (SSSR count). The molecule has 8 nitrogen and oxygen atoms in total. The Labute approximate surface area is 155 Å². The van der Waals surface area contributed by atoms with Crippen LogP contribution >= 0.6 is 0 Å². The minimum atomic E-state index is -3.97. The SMILES string of the molecule is COc1ccc(-c2ccccn2)c(NS(=O)(=O)c2ccc([N+](=O)[O-])cc2)c1. The summed E-state index contributed by atoms with van der Waals surface area (Å²) in [7, 11) is -2.49. The molecule has 1 aromatic heterocycles. The molecule has 0 aliphatic rings. The van der Waals surface area contributed by atoms with Gasteiger partial charge in [0.15, 0.2) is 0 Å². The van der Waals surface area contributed by atoms with Gasteiger partial charge in [0.2, 0.25) is 0 Å². The summed E-state index contributed by atoms with van der Waals surface area (Å²) in [6.07, 6.45) is 1.61. The molecule has 0 radical (unpaired) electrons. The van der Waals surface area contributed by atoms with Crippen molar-refractivity contribution >= 4 is 21.4 Å². The number of pyridine rings is 1. The zero-order valence-corrected chi connectivity index (χ0v) is 15.0.